The van der Waals surface area contributed by atoms with Crippen LogP contribution >= 0.6 is 0 Å². The van der Waals surface area contributed by atoms with Crippen LogP contribution in [0.15, 0.2) is 54.6 Å². The van der Waals surface area contributed by atoms with Crippen molar-refractivity contribution in [2.75, 3.05) is 0 Å². The third-order valence-corrected chi connectivity index (χ3v) is 4.20. The third-order valence-electron chi connectivity index (χ3n) is 4.20. The van der Waals surface area contributed by atoms with Crippen molar-refractivity contribution in [3.63, 3.8) is 0 Å². The summed E-state index contributed by atoms with van der Waals surface area (Å²) in [6.45, 7) is 4.06. The van der Waals surface area contributed by atoms with Crippen molar-refractivity contribution in [3.8, 4) is 5.75 Å². The summed E-state index contributed by atoms with van der Waals surface area (Å²) >= 11 is 0. The Morgan fingerprint density at radius 3 is 2.04 bits per heavy atom. The average molecular weight is 402 g/mol. The van der Waals surface area contributed by atoms with E-state index in [1.807, 2.05) is 13.8 Å². The zero-order chi connectivity index (χ0) is 20.9. The van der Waals surface area contributed by atoms with Gasteiger partial charge in [-0.2, -0.15) is 22.0 Å². The maximum Gasteiger partial charge on any atom is 0.426 e. The summed E-state index contributed by atoms with van der Waals surface area (Å²) in [4.78, 5) is 0. The first-order chi connectivity index (χ1) is 13.0. The van der Waals surface area contributed by atoms with Crippen LogP contribution in [0.1, 0.15) is 49.3 Å². The minimum Gasteiger partial charge on any atom is -0.429 e. The number of halogens is 6. The fourth-order valence-corrected chi connectivity index (χ4v) is 2.72. The van der Waals surface area contributed by atoms with Crippen LogP contribution in [0.3, 0.4) is 0 Å². The van der Waals surface area contributed by atoms with Crippen LogP contribution in [-0.4, -0.2) is 6.18 Å². The topological polar surface area (TPSA) is 9.23 Å². The van der Waals surface area contributed by atoms with E-state index in [0.717, 1.165) is 42.7 Å². The van der Waals surface area contributed by atoms with Gasteiger partial charge in [-0.1, -0.05) is 32.4 Å². The number of hydrogen-bond donors (Lipinski definition) is 0. The van der Waals surface area contributed by atoms with Crippen molar-refractivity contribution in [2.45, 2.75) is 44.9 Å². The molecule has 0 saturated heterocycles. The molecule has 7 heteroatoms. The molecule has 0 amide bonds. The van der Waals surface area contributed by atoms with Gasteiger partial charge in [-0.15, -0.1) is 0 Å². The van der Waals surface area contributed by atoms with E-state index in [-0.39, 0.29) is 22.8 Å². The fraction of sp³-hybridized carbons (Fsp3) is 0.333. The van der Waals surface area contributed by atoms with E-state index in [0.29, 0.717) is 0 Å². The molecule has 0 spiro atoms. The average Bonchev–Trinajstić information content (AvgIpc) is 2.61. The Balaban J connectivity index is 2.12. The van der Waals surface area contributed by atoms with Gasteiger partial charge in [0.2, 0.25) is 0 Å². The Hall–Kier alpha value is -2.44. The zero-order valence-corrected chi connectivity index (χ0v) is 15.4. The maximum absolute atomic E-state index is 14.3. The minimum absolute atomic E-state index is 0.251. The van der Waals surface area contributed by atoms with Crippen LogP contribution in [0.25, 0.3) is 5.83 Å². The first kappa shape index (κ1) is 21.9. The number of rotatable bonds is 7. The molecule has 2 aromatic rings. The predicted octanol–water partition coefficient (Wildman–Crippen LogP) is 7.59. The Morgan fingerprint density at radius 2 is 1.54 bits per heavy atom. The summed E-state index contributed by atoms with van der Waals surface area (Å²) in [7, 11) is 0. The molecule has 0 radical (unpaired) electrons. The first-order valence-electron chi connectivity index (χ1n) is 8.74. The number of allylic oxidation sites excluding steroid dienone is 1. The van der Waals surface area contributed by atoms with E-state index in [2.05, 4.69) is 4.74 Å². The largest absolute Gasteiger partial charge is 0.429 e. The lowest BCUT2D eigenvalue weighted by atomic mass is 9.95. The lowest BCUT2D eigenvalue weighted by molar-refractivity contribution is -0.185. The summed E-state index contributed by atoms with van der Waals surface area (Å²) in [5.74, 6) is -1.56. The van der Waals surface area contributed by atoms with E-state index >= 15 is 0 Å². The fourth-order valence-electron chi connectivity index (χ4n) is 2.72. The summed E-state index contributed by atoms with van der Waals surface area (Å²) < 4.78 is 83.3. The van der Waals surface area contributed by atoms with Gasteiger partial charge in [0.05, 0.1) is 11.6 Å². The molecule has 2 rings (SSSR count). The number of ether oxygens (including phenoxy) is 1. The molecule has 152 valence electrons. The second-order valence-electron chi connectivity index (χ2n) is 6.49. The van der Waals surface area contributed by atoms with Crippen molar-refractivity contribution in [1.29, 1.82) is 0 Å². The highest BCUT2D eigenvalue weighted by Gasteiger charge is 2.34. The Morgan fingerprint density at radius 1 is 0.964 bits per heavy atom. The standard InChI is InChI=1S/C21H20F6O/c1-3-4-14(2)15-5-9-17(10-6-15)21(26,27)28-18-11-7-16(8-12-18)19(22)13-20(23,24)25/h5-14H,3-4H2,1-2H3/b19-13-. The molecule has 28 heavy (non-hydrogen) atoms. The normalized spacial score (nSPS) is 14.1. The van der Waals surface area contributed by atoms with Crippen LogP contribution in [-0.2, 0) is 6.11 Å². The molecule has 1 unspecified atom stereocenters. The van der Waals surface area contributed by atoms with Crippen LogP contribution in [0, 0.1) is 0 Å². The van der Waals surface area contributed by atoms with Crippen molar-refractivity contribution in [1.82, 2.24) is 0 Å². The van der Waals surface area contributed by atoms with Crippen molar-refractivity contribution in [2.24, 2.45) is 0 Å². The van der Waals surface area contributed by atoms with Crippen LogP contribution in [0.5, 0.6) is 5.75 Å². The SMILES string of the molecule is CCCC(C)c1ccc(C(F)(F)Oc2ccc(/C(F)=C/C(F)(F)F)cc2)cc1. The van der Waals surface area contributed by atoms with Gasteiger partial charge in [0.1, 0.15) is 11.6 Å². The second kappa shape index (κ2) is 8.71. The number of alkyl halides is 5. The maximum atomic E-state index is 14.3. The third kappa shape index (κ3) is 6.04. The lowest BCUT2D eigenvalue weighted by Crippen LogP contribution is -2.21. The quantitative estimate of drug-likeness (QED) is 0.434. The summed E-state index contributed by atoms with van der Waals surface area (Å²) in [5.41, 5.74) is 0.201. The second-order valence-corrected chi connectivity index (χ2v) is 6.49. The smallest absolute Gasteiger partial charge is 0.426 e. The number of hydrogen-bond acceptors (Lipinski definition) is 1. The molecule has 1 nitrogen and oxygen atoms in total. The van der Waals surface area contributed by atoms with E-state index in [9.17, 15) is 26.3 Å². The summed E-state index contributed by atoms with van der Waals surface area (Å²) in [5, 5.41) is 0. The molecule has 0 aliphatic carbocycles. The lowest BCUT2D eigenvalue weighted by Gasteiger charge is -2.19. The van der Waals surface area contributed by atoms with Gasteiger partial charge in [0.15, 0.2) is 0 Å². The van der Waals surface area contributed by atoms with Gasteiger partial charge in [-0.25, -0.2) is 4.39 Å². The molecule has 0 N–H and O–H groups in total. The van der Waals surface area contributed by atoms with Crippen molar-refractivity contribution < 1.29 is 31.1 Å². The molecule has 0 bridgehead atoms. The highest BCUT2D eigenvalue weighted by molar-refractivity contribution is 5.60. The first-order valence-corrected chi connectivity index (χ1v) is 8.74. The molecular formula is C21H20F6O. The van der Waals surface area contributed by atoms with Gasteiger partial charge in [0, 0.05) is 5.56 Å². The molecular weight excluding hydrogens is 382 g/mol. The molecule has 0 saturated carbocycles. The van der Waals surface area contributed by atoms with E-state index in [1.165, 1.54) is 12.1 Å². The monoisotopic (exact) mass is 402 g/mol. The molecule has 0 fully saturated rings. The predicted molar refractivity (Wildman–Crippen MR) is 95.9 cm³/mol. The van der Waals surface area contributed by atoms with Gasteiger partial charge in [-0.05, 0) is 54.3 Å². The van der Waals surface area contributed by atoms with Gasteiger partial charge >= 0.3 is 12.3 Å². The molecule has 1 atom stereocenters. The molecule has 0 aromatic heterocycles. The summed E-state index contributed by atoms with van der Waals surface area (Å²) in [6.07, 6.45) is -7.03. The molecule has 2 aromatic carbocycles. The van der Waals surface area contributed by atoms with Gasteiger partial charge in [0.25, 0.3) is 0 Å². The zero-order valence-electron chi connectivity index (χ0n) is 15.4. The van der Waals surface area contributed by atoms with Gasteiger partial charge < -0.3 is 4.74 Å². The highest BCUT2D eigenvalue weighted by atomic mass is 19.4. The summed E-state index contributed by atoms with van der Waals surface area (Å²) in [6, 6.07) is 9.66. The highest BCUT2D eigenvalue weighted by Crippen LogP contribution is 2.34. The van der Waals surface area contributed by atoms with E-state index in [1.54, 1.807) is 12.1 Å². The van der Waals surface area contributed by atoms with Crippen LogP contribution in [0.4, 0.5) is 26.3 Å². The van der Waals surface area contributed by atoms with Crippen molar-refractivity contribution in [3.05, 3.63) is 71.3 Å². The minimum atomic E-state index is -4.81. The Kier molecular flexibility index (Phi) is 6.80. The van der Waals surface area contributed by atoms with E-state index < -0.39 is 24.2 Å². The molecule has 0 aliphatic rings. The van der Waals surface area contributed by atoms with Crippen LogP contribution < -0.4 is 4.74 Å². The van der Waals surface area contributed by atoms with E-state index in [4.69, 9.17) is 0 Å². The Labute approximate surface area is 159 Å². The molecule has 0 aliphatic heterocycles. The van der Waals surface area contributed by atoms with Gasteiger partial charge in [-0.3, -0.25) is 0 Å². The molecule has 0 heterocycles. The van der Waals surface area contributed by atoms with Crippen LogP contribution in [0.2, 0.25) is 0 Å². The Bertz CT molecular complexity index is 791. The van der Waals surface area contributed by atoms with Crippen molar-refractivity contribution >= 4 is 5.83 Å². The number of benzene rings is 2.